The lowest BCUT2D eigenvalue weighted by atomic mass is 9.80. The third-order valence-electron chi connectivity index (χ3n) is 8.05. The van der Waals surface area contributed by atoms with E-state index in [4.69, 9.17) is 5.73 Å². The number of fused-ring (bicyclic) bond motifs is 1. The number of piperidine rings is 1. The van der Waals surface area contributed by atoms with Gasteiger partial charge in [-0.05, 0) is 85.1 Å². The summed E-state index contributed by atoms with van der Waals surface area (Å²) in [4.78, 5) is 20.4. The van der Waals surface area contributed by atoms with Crippen molar-refractivity contribution in [3.63, 3.8) is 0 Å². The van der Waals surface area contributed by atoms with Gasteiger partial charge in [0, 0.05) is 61.8 Å². The molecule has 0 aliphatic carbocycles. The molecule has 5 rings (SSSR count). The fourth-order valence-electron chi connectivity index (χ4n) is 5.81. The van der Waals surface area contributed by atoms with Gasteiger partial charge >= 0.3 is 0 Å². The maximum absolute atomic E-state index is 12.5. The number of sulfonamides is 1. The van der Waals surface area contributed by atoms with Crippen molar-refractivity contribution in [2.45, 2.75) is 38.6 Å². The summed E-state index contributed by atoms with van der Waals surface area (Å²) >= 11 is 1.72. The van der Waals surface area contributed by atoms with Crippen molar-refractivity contribution in [3.05, 3.63) is 69.7 Å². The Balaban J connectivity index is 1.32. The first-order chi connectivity index (χ1) is 18.7. The minimum atomic E-state index is -3.16. The smallest absolute Gasteiger partial charge is 0.250 e. The molecule has 39 heavy (non-hydrogen) atoms. The number of nitrogens with one attached hydrogen (secondary N) is 1. The molecule has 10 heteroatoms. The predicted molar refractivity (Wildman–Crippen MR) is 158 cm³/mol. The Hall–Kier alpha value is -2.79. The van der Waals surface area contributed by atoms with Gasteiger partial charge in [0.05, 0.1) is 17.0 Å². The number of carbonyl (C=O) groups excluding carboxylic acids is 1. The van der Waals surface area contributed by atoms with E-state index in [1.54, 1.807) is 22.6 Å². The number of anilines is 1. The molecule has 3 aromatic rings. The number of benzene rings is 1. The quantitative estimate of drug-likeness (QED) is 0.381. The van der Waals surface area contributed by atoms with E-state index in [9.17, 15) is 13.2 Å². The third kappa shape index (κ3) is 6.19. The molecule has 8 nitrogen and oxygen atoms in total. The highest BCUT2D eigenvalue weighted by Gasteiger charge is 2.36. The Labute approximate surface area is 235 Å². The van der Waals surface area contributed by atoms with Crippen LogP contribution in [0.5, 0.6) is 0 Å². The van der Waals surface area contributed by atoms with E-state index in [-0.39, 0.29) is 11.7 Å². The monoisotopic (exact) mass is 567 g/mol. The van der Waals surface area contributed by atoms with Gasteiger partial charge in [0.2, 0.25) is 10.0 Å². The molecule has 4 heterocycles. The SMILES string of the molecule is CCS(=O)(=O)N1CCC(C2CNc3c(C(N)=O)cc(-c4csc(CN(C)CCc5ccccn5)c4)cc32)CC1. The molecule has 208 valence electrons. The first-order valence-electron chi connectivity index (χ1n) is 13.6. The van der Waals surface area contributed by atoms with E-state index >= 15 is 0 Å². The van der Waals surface area contributed by atoms with Crippen molar-refractivity contribution >= 4 is 33.0 Å². The Bertz CT molecular complexity index is 1420. The van der Waals surface area contributed by atoms with Crippen LogP contribution in [-0.2, 0) is 23.0 Å². The summed E-state index contributed by atoms with van der Waals surface area (Å²) in [6.07, 6.45) is 4.36. The van der Waals surface area contributed by atoms with Gasteiger partial charge in [0.1, 0.15) is 0 Å². The number of aromatic nitrogens is 1. The molecule has 2 aliphatic heterocycles. The summed E-state index contributed by atoms with van der Waals surface area (Å²) in [7, 11) is -1.04. The van der Waals surface area contributed by atoms with Crippen molar-refractivity contribution in [1.82, 2.24) is 14.2 Å². The van der Waals surface area contributed by atoms with Gasteiger partial charge in [-0.15, -0.1) is 11.3 Å². The standard InChI is InChI=1S/C29H37N5O3S2/c1-3-39(36,37)34-12-7-20(8-13-34)27-17-32-28-25(27)15-21(16-26(28)29(30)35)22-14-24(38-19-22)18-33(2)11-9-23-6-4-5-10-31-23/h4-6,10,14-16,19-20,27,32H,3,7-9,11-13,17-18H2,1-2H3,(H2,30,35). The summed E-state index contributed by atoms with van der Waals surface area (Å²) in [6.45, 7) is 5.30. The van der Waals surface area contributed by atoms with Crippen molar-refractivity contribution < 1.29 is 13.2 Å². The van der Waals surface area contributed by atoms with E-state index in [2.05, 4.69) is 45.8 Å². The minimum Gasteiger partial charge on any atom is -0.384 e. The zero-order chi connectivity index (χ0) is 27.6. The predicted octanol–water partition coefficient (Wildman–Crippen LogP) is 4.15. The molecule has 0 spiro atoms. The fourth-order valence-corrected chi connectivity index (χ4v) is 7.91. The highest BCUT2D eigenvalue weighted by Crippen LogP contribution is 2.44. The molecule has 2 aromatic heterocycles. The number of likely N-dealkylation sites (N-methyl/N-ethyl adjacent to an activating group) is 1. The molecule has 0 bridgehead atoms. The molecule has 3 N–H and O–H groups in total. The van der Waals surface area contributed by atoms with Gasteiger partial charge in [-0.1, -0.05) is 6.07 Å². The summed E-state index contributed by atoms with van der Waals surface area (Å²) in [5.74, 6) is 0.276. The van der Waals surface area contributed by atoms with Crippen LogP contribution in [-0.4, -0.2) is 67.5 Å². The van der Waals surface area contributed by atoms with Crippen LogP contribution in [0.3, 0.4) is 0 Å². The number of thiophene rings is 1. The number of pyridine rings is 1. The Morgan fingerprint density at radius 3 is 2.69 bits per heavy atom. The first-order valence-corrected chi connectivity index (χ1v) is 16.1. The zero-order valence-electron chi connectivity index (χ0n) is 22.6. The zero-order valence-corrected chi connectivity index (χ0v) is 24.2. The Morgan fingerprint density at radius 2 is 2.00 bits per heavy atom. The van der Waals surface area contributed by atoms with Crippen LogP contribution >= 0.6 is 11.3 Å². The number of primary amides is 1. The summed E-state index contributed by atoms with van der Waals surface area (Å²) < 4.78 is 26.3. The number of amides is 1. The molecular formula is C29H37N5O3S2. The lowest BCUT2D eigenvalue weighted by molar-refractivity contribution is 0.100. The van der Waals surface area contributed by atoms with Gasteiger partial charge in [0.15, 0.2) is 0 Å². The lowest BCUT2D eigenvalue weighted by Gasteiger charge is -2.34. The third-order valence-corrected chi connectivity index (χ3v) is 10.9. The molecule has 1 aromatic carbocycles. The second-order valence-corrected chi connectivity index (χ2v) is 13.8. The molecule has 0 saturated carbocycles. The van der Waals surface area contributed by atoms with Gasteiger partial charge < -0.3 is 16.0 Å². The average molecular weight is 568 g/mol. The van der Waals surface area contributed by atoms with Crippen molar-refractivity contribution in [2.24, 2.45) is 11.7 Å². The number of hydrogen-bond acceptors (Lipinski definition) is 7. The molecule has 1 saturated heterocycles. The van der Waals surface area contributed by atoms with Crippen LogP contribution < -0.4 is 11.1 Å². The normalized spacial score (nSPS) is 18.3. The maximum atomic E-state index is 12.5. The van der Waals surface area contributed by atoms with E-state index in [0.29, 0.717) is 24.6 Å². The lowest BCUT2D eigenvalue weighted by Crippen LogP contribution is -2.40. The van der Waals surface area contributed by atoms with Crippen molar-refractivity contribution in [3.8, 4) is 11.1 Å². The topological polar surface area (TPSA) is 109 Å². The number of hydrogen-bond donors (Lipinski definition) is 2. The van der Waals surface area contributed by atoms with Crippen LogP contribution in [0.15, 0.2) is 48.0 Å². The number of carbonyl (C=O) groups is 1. The fraction of sp³-hybridized carbons (Fsp3) is 0.448. The number of nitrogens with two attached hydrogens (primary N) is 1. The molecule has 1 atom stereocenters. The molecular weight excluding hydrogens is 530 g/mol. The van der Waals surface area contributed by atoms with Crippen molar-refractivity contribution in [2.75, 3.05) is 44.3 Å². The van der Waals surface area contributed by atoms with Gasteiger partial charge in [-0.2, -0.15) is 0 Å². The summed E-state index contributed by atoms with van der Waals surface area (Å²) in [5, 5.41) is 5.60. The maximum Gasteiger partial charge on any atom is 0.250 e. The molecule has 0 radical (unpaired) electrons. The van der Waals surface area contributed by atoms with Crippen LogP contribution in [0, 0.1) is 5.92 Å². The van der Waals surface area contributed by atoms with Crippen LogP contribution in [0.25, 0.3) is 11.1 Å². The van der Waals surface area contributed by atoms with E-state index in [1.165, 1.54) is 4.88 Å². The Morgan fingerprint density at radius 1 is 1.21 bits per heavy atom. The summed E-state index contributed by atoms with van der Waals surface area (Å²) in [5.41, 5.74) is 11.5. The highest BCUT2D eigenvalue weighted by atomic mass is 32.2. The molecule has 1 fully saturated rings. The van der Waals surface area contributed by atoms with Gasteiger partial charge in [-0.25, -0.2) is 12.7 Å². The highest BCUT2D eigenvalue weighted by molar-refractivity contribution is 7.89. The largest absolute Gasteiger partial charge is 0.384 e. The second-order valence-electron chi connectivity index (χ2n) is 10.6. The van der Waals surface area contributed by atoms with Crippen molar-refractivity contribution in [1.29, 1.82) is 0 Å². The second kappa shape index (κ2) is 11.8. The first kappa shape index (κ1) is 27.8. The average Bonchev–Trinajstić information content (AvgIpc) is 3.59. The van der Waals surface area contributed by atoms with E-state index in [0.717, 1.165) is 67.0 Å². The molecule has 2 aliphatic rings. The van der Waals surface area contributed by atoms with Crippen LogP contribution in [0.4, 0.5) is 5.69 Å². The molecule has 1 unspecified atom stereocenters. The number of nitrogens with zero attached hydrogens (tertiary/aromatic N) is 3. The Kier molecular flexibility index (Phi) is 8.37. The van der Waals surface area contributed by atoms with Crippen LogP contribution in [0.1, 0.15) is 52.2 Å². The van der Waals surface area contributed by atoms with E-state index in [1.807, 2.05) is 24.4 Å². The number of rotatable bonds is 10. The minimum absolute atomic E-state index is 0.138. The molecule has 1 amide bonds. The van der Waals surface area contributed by atoms with Gasteiger partial charge in [-0.3, -0.25) is 9.78 Å². The van der Waals surface area contributed by atoms with E-state index < -0.39 is 15.9 Å². The van der Waals surface area contributed by atoms with Crippen LogP contribution in [0.2, 0.25) is 0 Å². The summed E-state index contributed by atoms with van der Waals surface area (Å²) in [6, 6.07) is 12.3. The van der Waals surface area contributed by atoms with Gasteiger partial charge in [0.25, 0.3) is 5.91 Å².